The van der Waals surface area contributed by atoms with Gasteiger partial charge >= 0.3 is 0 Å². The Balaban J connectivity index is 1.61. The zero-order chi connectivity index (χ0) is 17.2. The third-order valence-electron chi connectivity index (χ3n) is 4.61. The predicted molar refractivity (Wildman–Crippen MR) is 94.3 cm³/mol. The molecule has 0 unspecified atom stereocenters. The Morgan fingerprint density at radius 1 is 1.12 bits per heavy atom. The van der Waals surface area contributed by atoms with Crippen molar-refractivity contribution in [2.75, 3.05) is 19.8 Å². The largest absolute Gasteiger partial charge is 0.490 e. The average molecular weight is 359 g/mol. The van der Waals surface area contributed by atoms with E-state index in [1.165, 1.54) is 0 Å². The molecule has 4 rings (SSSR count). The van der Waals surface area contributed by atoms with Gasteiger partial charge in [-0.15, -0.1) is 0 Å². The maximum atomic E-state index is 12.9. The van der Waals surface area contributed by atoms with E-state index in [4.69, 9.17) is 21.1 Å². The van der Waals surface area contributed by atoms with Gasteiger partial charge in [0.15, 0.2) is 11.5 Å². The van der Waals surface area contributed by atoms with Gasteiger partial charge in [0, 0.05) is 24.2 Å². The highest BCUT2D eigenvalue weighted by Gasteiger charge is 2.32. The van der Waals surface area contributed by atoms with Crippen LogP contribution in [0, 0.1) is 0 Å². The molecule has 5 nitrogen and oxygen atoms in total. The normalized spacial score (nSPS) is 19.6. The van der Waals surface area contributed by atoms with Crippen molar-refractivity contribution in [2.24, 2.45) is 0 Å². The van der Waals surface area contributed by atoms with Crippen LogP contribution in [-0.2, 0) is 0 Å². The van der Waals surface area contributed by atoms with E-state index in [0.29, 0.717) is 30.5 Å². The summed E-state index contributed by atoms with van der Waals surface area (Å²) in [5, 5.41) is 0.518. The SMILES string of the molecule is O=C(c1cc(Cl)ccn1)N1CCC[C@@H]1c1ccc2c(c1)OCCCO2. The second kappa shape index (κ2) is 6.92. The van der Waals surface area contributed by atoms with Gasteiger partial charge in [-0.25, -0.2) is 0 Å². The molecular formula is C19H19ClN2O3. The summed E-state index contributed by atoms with van der Waals surface area (Å²) in [5.41, 5.74) is 1.45. The maximum absolute atomic E-state index is 12.9. The maximum Gasteiger partial charge on any atom is 0.273 e. The molecule has 25 heavy (non-hydrogen) atoms. The molecule has 1 atom stereocenters. The number of hydrogen-bond donors (Lipinski definition) is 0. The lowest BCUT2D eigenvalue weighted by Gasteiger charge is -2.25. The van der Waals surface area contributed by atoms with E-state index in [0.717, 1.165) is 36.3 Å². The van der Waals surface area contributed by atoms with Gasteiger partial charge < -0.3 is 14.4 Å². The Labute approximate surface area is 151 Å². The van der Waals surface area contributed by atoms with Crippen molar-refractivity contribution in [1.82, 2.24) is 9.88 Å². The van der Waals surface area contributed by atoms with Crippen molar-refractivity contribution in [2.45, 2.75) is 25.3 Å². The molecular weight excluding hydrogens is 340 g/mol. The summed E-state index contributed by atoms with van der Waals surface area (Å²) in [6.45, 7) is 2.03. The fourth-order valence-corrected chi connectivity index (χ4v) is 3.57. The summed E-state index contributed by atoms with van der Waals surface area (Å²) in [5.74, 6) is 1.45. The second-order valence-corrected chi connectivity index (χ2v) is 6.71. The first kappa shape index (κ1) is 16.2. The minimum absolute atomic E-state index is 0.0189. The van der Waals surface area contributed by atoms with E-state index in [9.17, 15) is 4.79 Å². The second-order valence-electron chi connectivity index (χ2n) is 6.27. The number of fused-ring (bicyclic) bond motifs is 1. The molecule has 6 heteroatoms. The number of halogens is 1. The van der Waals surface area contributed by atoms with Crippen LogP contribution in [0.3, 0.4) is 0 Å². The molecule has 0 spiro atoms. The van der Waals surface area contributed by atoms with Crippen molar-refractivity contribution in [3.63, 3.8) is 0 Å². The van der Waals surface area contributed by atoms with Crippen molar-refractivity contribution in [3.8, 4) is 11.5 Å². The average Bonchev–Trinajstić information content (AvgIpc) is 2.99. The Morgan fingerprint density at radius 3 is 2.80 bits per heavy atom. The number of ether oxygens (including phenoxy) is 2. The van der Waals surface area contributed by atoms with E-state index >= 15 is 0 Å². The fourth-order valence-electron chi connectivity index (χ4n) is 3.41. The first-order chi connectivity index (χ1) is 12.2. The number of amides is 1. The Bertz CT molecular complexity index is 796. The van der Waals surface area contributed by atoms with Crippen LogP contribution < -0.4 is 9.47 Å². The van der Waals surface area contributed by atoms with E-state index in [1.54, 1.807) is 18.3 Å². The van der Waals surface area contributed by atoms with Gasteiger partial charge in [-0.05, 0) is 42.7 Å². The quantitative estimate of drug-likeness (QED) is 0.817. The lowest BCUT2D eigenvalue weighted by molar-refractivity contribution is 0.0729. The molecule has 2 aromatic rings. The fraction of sp³-hybridized carbons (Fsp3) is 0.368. The van der Waals surface area contributed by atoms with Crippen LogP contribution in [0.4, 0.5) is 0 Å². The van der Waals surface area contributed by atoms with Crippen molar-refractivity contribution in [3.05, 3.63) is 52.8 Å². The Hall–Kier alpha value is -2.27. The minimum Gasteiger partial charge on any atom is -0.490 e. The van der Waals surface area contributed by atoms with Gasteiger partial charge in [-0.1, -0.05) is 17.7 Å². The Morgan fingerprint density at radius 2 is 1.96 bits per heavy atom. The van der Waals surface area contributed by atoms with Gasteiger partial charge in [-0.2, -0.15) is 0 Å². The summed E-state index contributed by atoms with van der Waals surface area (Å²) in [6.07, 6.45) is 4.32. The van der Waals surface area contributed by atoms with E-state index in [-0.39, 0.29) is 11.9 Å². The van der Waals surface area contributed by atoms with Gasteiger partial charge in [0.2, 0.25) is 0 Å². The standard InChI is InChI=1S/C19H19ClN2O3/c20-14-6-7-21-15(12-14)19(23)22-8-1-3-16(22)13-4-5-17-18(11-13)25-10-2-9-24-17/h4-7,11-12,16H,1-3,8-10H2/t16-/m1/s1. The monoisotopic (exact) mass is 358 g/mol. The first-order valence-corrected chi connectivity index (χ1v) is 8.92. The molecule has 1 fully saturated rings. The van der Waals surface area contributed by atoms with Crippen LogP contribution in [0.5, 0.6) is 11.5 Å². The van der Waals surface area contributed by atoms with Crippen LogP contribution in [0.15, 0.2) is 36.5 Å². The Kier molecular flexibility index (Phi) is 4.49. The molecule has 0 bridgehead atoms. The van der Waals surface area contributed by atoms with Gasteiger partial charge in [0.1, 0.15) is 5.69 Å². The molecule has 130 valence electrons. The zero-order valence-corrected chi connectivity index (χ0v) is 14.5. The number of pyridine rings is 1. The molecule has 2 aliphatic rings. The number of carbonyl (C=O) groups is 1. The van der Waals surface area contributed by atoms with E-state index < -0.39 is 0 Å². The van der Waals surface area contributed by atoms with Crippen molar-refractivity contribution < 1.29 is 14.3 Å². The summed E-state index contributed by atoms with van der Waals surface area (Å²) < 4.78 is 11.5. The van der Waals surface area contributed by atoms with Crippen LogP contribution in [0.25, 0.3) is 0 Å². The molecule has 1 aromatic heterocycles. The highest BCUT2D eigenvalue weighted by Crippen LogP contribution is 2.38. The molecule has 3 heterocycles. The molecule has 0 N–H and O–H groups in total. The van der Waals surface area contributed by atoms with Crippen LogP contribution in [0.2, 0.25) is 5.02 Å². The molecule has 2 aliphatic heterocycles. The molecule has 0 radical (unpaired) electrons. The van der Waals surface area contributed by atoms with Gasteiger partial charge in [-0.3, -0.25) is 9.78 Å². The number of rotatable bonds is 2. The summed E-state index contributed by atoms with van der Waals surface area (Å²) in [6, 6.07) is 9.27. The summed E-state index contributed by atoms with van der Waals surface area (Å²) in [7, 11) is 0. The zero-order valence-electron chi connectivity index (χ0n) is 13.8. The summed E-state index contributed by atoms with van der Waals surface area (Å²) in [4.78, 5) is 18.9. The topological polar surface area (TPSA) is 51.7 Å². The predicted octanol–water partition coefficient (Wildman–Crippen LogP) is 3.87. The van der Waals surface area contributed by atoms with Crippen LogP contribution in [-0.4, -0.2) is 35.5 Å². The lowest BCUT2D eigenvalue weighted by Crippen LogP contribution is -2.31. The number of nitrogens with zero attached hydrogens (tertiary/aromatic N) is 2. The smallest absolute Gasteiger partial charge is 0.273 e. The number of benzene rings is 1. The lowest BCUT2D eigenvalue weighted by atomic mass is 10.0. The number of carbonyl (C=O) groups excluding carboxylic acids is 1. The van der Waals surface area contributed by atoms with Crippen molar-refractivity contribution >= 4 is 17.5 Å². The highest BCUT2D eigenvalue weighted by molar-refractivity contribution is 6.30. The van der Waals surface area contributed by atoms with Gasteiger partial charge in [0.25, 0.3) is 5.91 Å². The van der Waals surface area contributed by atoms with E-state index in [2.05, 4.69) is 4.98 Å². The van der Waals surface area contributed by atoms with Crippen molar-refractivity contribution in [1.29, 1.82) is 0 Å². The molecule has 1 amide bonds. The number of likely N-dealkylation sites (tertiary alicyclic amines) is 1. The van der Waals surface area contributed by atoms with Crippen LogP contribution >= 0.6 is 11.6 Å². The number of aromatic nitrogens is 1. The van der Waals surface area contributed by atoms with Gasteiger partial charge in [0.05, 0.1) is 19.3 Å². The molecule has 0 saturated carbocycles. The third-order valence-corrected chi connectivity index (χ3v) is 4.85. The highest BCUT2D eigenvalue weighted by atomic mass is 35.5. The van der Waals surface area contributed by atoms with Crippen LogP contribution in [0.1, 0.15) is 41.4 Å². The minimum atomic E-state index is -0.0860. The summed E-state index contributed by atoms with van der Waals surface area (Å²) >= 11 is 6.00. The van der Waals surface area contributed by atoms with E-state index in [1.807, 2.05) is 23.1 Å². The molecule has 0 aliphatic carbocycles. The third kappa shape index (κ3) is 3.29. The molecule has 1 saturated heterocycles. The first-order valence-electron chi connectivity index (χ1n) is 8.54. The molecule has 1 aromatic carbocycles. The number of hydrogen-bond acceptors (Lipinski definition) is 4.